The van der Waals surface area contributed by atoms with Crippen LogP contribution in [0, 0.1) is 5.82 Å². The molecule has 3 rings (SSSR count). The molecule has 0 bridgehead atoms. The van der Waals surface area contributed by atoms with Crippen LogP contribution in [-0.2, 0) is 9.53 Å². The molecule has 1 unspecified atom stereocenters. The molecule has 18 heavy (non-hydrogen) atoms. The number of anilines is 1. The van der Waals surface area contributed by atoms with Gasteiger partial charge in [0.2, 0.25) is 5.91 Å². The van der Waals surface area contributed by atoms with E-state index < -0.39 is 6.04 Å². The number of hydrogen-bond donors (Lipinski definition) is 2. The molecule has 1 atom stereocenters. The largest absolute Gasteiger partial charge is 0.381 e. The molecule has 96 valence electrons. The van der Waals surface area contributed by atoms with Crippen molar-refractivity contribution in [1.29, 1.82) is 0 Å². The molecule has 1 amide bonds. The first-order valence-electron chi connectivity index (χ1n) is 6.18. The van der Waals surface area contributed by atoms with Gasteiger partial charge in [0.1, 0.15) is 11.9 Å². The Hall–Kier alpha value is -1.46. The molecule has 1 fully saturated rings. The molecule has 1 aromatic carbocycles. The van der Waals surface area contributed by atoms with Crippen molar-refractivity contribution in [1.82, 2.24) is 5.32 Å². The number of amides is 1. The van der Waals surface area contributed by atoms with Crippen molar-refractivity contribution in [3.63, 3.8) is 0 Å². The molecule has 1 saturated heterocycles. The molecule has 0 saturated carbocycles. The second-order valence-corrected chi connectivity index (χ2v) is 4.71. The van der Waals surface area contributed by atoms with Gasteiger partial charge < -0.3 is 10.1 Å². The summed E-state index contributed by atoms with van der Waals surface area (Å²) in [4.78, 5) is 11.9. The van der Waals surface area contributed by atoms with Gasteiger partial charge in [0.05, 0.1) is 0 Å². The van der Waals surface area contributed by atoms with Crippen LogP contribution in [0.1, 0.15) is 24.4 Å². The third-order valence-corrected chi connectivity index (χ3v) is 3.47. The Morgan fingerprint density at radius 3 is 2.89 bits per heavy atom. The molecule has 0 spiro atoms. The summed E-state index contributed by atoms with van der Waals surface area (Å²) in [6.07, 6.45) is 1.77. The maximum absolute atomic E-state index is 13.3. The van der Waals surface area contributed by atoms with Crippen molar-refractivity contribution in [2.24, 2.45) is 0 Å². The first kappa shape index (κ1) is 11.6. The summed E-state index contributed by atoms with van der Waals surface area (Å²) < 4.78 is 18.5. The normalized spacial score (nSPS) is 23.8. The van der Waals surface area contributed by atoms with Crippen LogP contribution in [0.25, 0.3) is 0 Å². The van der Waals surface area contributed by atoms with Crippen LogP contribution in [0.2, 0.25) is 0 Å². The summed E-state index contributed by atoms with van der Waals surface area (Å²) in [6.45, 7) is 1.42. The lowest BCUT2D eigenvalue weighted by molar-refractivity contribution is -0.118. The number of benzene rings is 1. The summed E-state index contributed by atoms with van der Waals surface area (Å²) in [6, 6.07) is 4.19. The van der Waals surface area contributed by atoms with Crippen LogP contribution in [-0.4, -0.2) is 25.2 Å². The van der Waals surface area contributed by atoms with E-state index in [9.17, 15) is 9.18 Å². The Bertz CT molecular complexity index is 472. The van der Waals surface area contributed by atoms with Crippen molar-refractivity contribution < 1.29 is 13.9 Å². The fraction of sp³-hybridized carbons (Fsp3) is 0.462. The monoisotopic (exact) mass is 250 g/mol. The number of hydrogen-bond acceptors (Lipinski definition) is 3. The number of rotatable bonds is 2. The summed E-state index contributed by atoms with van der Waals surface area (Å²) in [5, 5.41) is 6.06. The minimum absolute atomic E-state index is 0.109. The zero-order valence-electron chi connectivity index (χ0n) is 9.91. The third-order valence-electron chi connectivity index (χ3n) is 3.47. The van der Waals surface area contributed by atoms with Crippen molar-refractivity contribution in [2.75, 3.05) is 18.5 Å². The molecule has 0 radical (unpaired) electrons. The smallest absolute Gasteiger partial charge is 0.246 e. The maximum atomic E-state index is 13.3. The van der Waals surface area contributed by atoms with Gasteiger partial charge in [-0.05, 0) is 31.0 Å². The first-order valence-corrected chi connectivity index (χ1v) is 6.18. The molecule has 2 aliphatic rings. The lowest BCUT2D eigenvalue weighted by Gasteiger charge is -2.25. The average molecular weight is 250 g/mol. The minimum Gasteiger partial charge on any atom is -0.381 e. The van der Waals surface area contributed by atoms with Crippen LogP contribution >= 0.6 is 0 Å². The molecule has 4 nitrogen and oxygen atoms in total. The van der Waals surface area contributed by atoms with Gasteiger partial charge in [-0.15, -0.1) is 0 Å². The van der Waals surface area contributed by atoms with E-state index in [-0.39, 0.29) is 17.8 Å². The molecular formula is C13H15FN2O2. The van der Waals surface area contributed by atoms with Gasteiger partial charge in [0.15, 0.2) is 0 Å². The second kappa shape index (κ2) is 4.66. The van der Waals surface area contributed by atoms with Crippen LogP contribution in [0.15, 0.2) is 18.2 Å². The van der Waals surface area contributed by atoms with E-state index in [2.05, 4.69) is 10.6 Å². The molecule has 2 N–H and O–H groups in total. The third kappa shape index (κ3) is 2.11. The lowest BCUT2D eigenvalue weighted by atomic mass is 10.0. The van der Waals surface area contributed by atoms with E-state index in [1.54, 1.807) is 6.07 Å². The Morgan fingerprint density at radius 2 is 2.11 bits per heavy atom. The van der Waals surface area contributed by atoms with E-state index >= 15 is 0 Å². The van der Waals surface area contributed by atoms with Crippen LogP contribution in [0.3, 0.4) is 0 Å². The summed E-state index contributed by atoms with van der Waals surface area (Å²) in [5.41, 5.74) is 1.40. The quantitative estimate of drug-likeness (QED) is 0.838. The van der Waals surface area contributed by atoms with Crippen molar-refractivity contribution in [3.05, 3.63) is 29.6 Å². The summed E-state index contributed by atoms with van der Waals surface area (Å²) in [7, 11) is 0. The standard InChI is InChI=1S/C13H15FN2O2/c14-8-1-2-11-10(7-8)12(13(17)16-11)15-9-3-5-18-6-4-9/h1-2,7,9,12,15H,3-6H2,(H,16,17). The number of carbonyl (C=O) groups excluding carboxylic acids is 1. The van der Waals surface area contributed by atoms with E-state index in [0.29, 0.717) is 24.5 Å². The predicted octanol–water partition coefficient (Wildman–Crippen LogP) is 1.59. The molecular weight excluding hydrogens is 235 g/mol. The fourth-order valence-corrected chi connectivity index (χ4v) is 2.50. The molecule has 2 aliphatic heterocycles. The van der Waals surface area contributed by atoms with Gasteiger partial charge in [-0.2, -0.15) is 0 Å². The van der Waals surface area contributed by atoms with Crippen LogP contribution < -0.4 is 10.6 Å². The SMILES string of the molecule is O=C1Nc2ccc(F)cc2C1NC1CCOCC1. The van der Waals surface area contributed by atoms with Crippen LogP contribution in [0.5, 0.6) is 0 Å². The van der Waals surface area contributed by atoms with Crippen molar-refractivity contribution >= 4 is 11.6 Å². The number of carbonyl (C=O) groups is 1. The molecule has 1 aromatic rings. The Labute approximate surface area is 105 Å². The molecule has 2 heterocycles. The number of ether oxygens (including phenoxy) is 1. The predicted molar refractivity (Wildman–Crippen MR) is 64.7 cm³/mol. The zero-order valence-corrected chi connectivity index (χ0v) is 9.91. The lowest BCUT2D eigenvalue weighted by Crippen LogP contribution is -2.39. The van der Waals surface area contributed by atoms with E-state index in [0.717, 1.165) is 12.8 Å². The summed E-state index contributed by atoms with van der Waals surface area (Å²) in [5.74, 6) is -0.425. The zero-order chi connectivity index (χ0) is 12.5. The van der Waals surface area contributed by atoms with Crippen molar-refractivity contribution in [2.45, 2.75) is 24.9 Å². The Morgan fingerprint density at radius 1 is 1.33 bits per heavy atom. The first-order chi connectivity index (χ1) is 8.74. The van der Waals surface area contributed by atoms with E-state index in [1.807, 2.05) is 0 Å². The highest BCUT2D eigenvalue weighted by Crippen LogP contribution is 2.32. The average Bonchev–Trinajstić information content (AvgIpc) is 2.67. The van der Waals surface area contributed by atoms with Crippen LogP contribution in [0.4, 0.5) is 10.1 Å². The highest BCUT2D eigenvalue weighted by atomic mass is 19.1. The molecule has 5 heteroatoms. The van der Waals surface area contributed by atoms with E-state index in [4.69, 9.17) is 4.74 Å². The highest BCUT2D eigenvalue weighted by molar-refractivity contribution is 6.02. The number of fused-ring (bicyclic) bond motifs is 1. The van der Waals surface area contributed by atoms with Gasteiger partial charge >= 0.3 is 0 Å². The minimum atomic E-state index is -0.446. The van der Waals surface area contributed by atoms with E-state index in [1.165, 1.54) is 12.1 Å². The topological polar surface area (TPSA) is 50.4 Å². The number of nitrogens with one attached hydrogen (secondary N) is 2. The summed E-state index contributed by atoms with van der Waals surface area (Å²) >= 11 is 0. The second-order valence-electron chi connectivity index (χ2n) is 4.71. The molecule has 0 aromatic heterocycles. The van der Waals surface area contributed by atoms with Crippen molar-refractivity contribution in [3.8, 4) is 0 Å². The van der Waals surface area contributed by atoms with Gasteiger partial charge in [0, 0.05) is 30.5 Å². The highest BCUT2D eigenvalue weighted by Gasteiger charge is 2.32. The number of halogens is 1. The van der Waals surface area contributed by atoms with Gasteiger partial charge in [-0.3, -0.25) is 10.1 Å². The maximum Gasteiger partial charge on any atom is 0.246 e. The Balaban J connectivity index is 1.80. The van der Waals surface area contributed by atoms with Gasteiger partial charge in [-0.25, -0.2) is 4.39 Å². The molecule has 0 aliphatic carbocycles. The fourth-order valence-electron chi connectivity index (χ4n) is 2.50. The van der Waals surface area contributed by atoms with Gasteiger partial charge in [0.25, 0.3) is 0 Å². The van der Waals surface area contributed by atoms with Gasteiger partial charge in [-0.1, -0.05) is 0 Å². The Kier molecular flexibility index (Phi) is 3.01.